The van der Waals surface area contributed by atoms with E-state index in [1.54, 1.807) is 12.4 Å². The van der Waals surface area contributed by atoms with E-state index in [1.807, 2.05) is 24.9 Å². The number of hydrogen-bond acceptors (Lipinski definition) is 3. The zero-order valence-electron chi connectivity index (χ0n) is 11.8. The molecule has 2 unspecified atom stereocenters. The van der Waals surface area contributed by atoms with Gasteiger partial charge in [-0.05, 0) is 43.9 Å². The van der Waals surface area contributed by atoms with Gasteiger partial charge in [0.2, 0.25) is 0 Å². The van der Waals surface area contributed by atoms with Crippen LogP contribution in [0.4, 0.5) is 0 Å². The Morgan fingerprint density at radius 1 is 1.42 bits per heavy atom. The lowest BCUT2D eigenvalue weighted by atomic mass is 9.83. The van der Waals surface area contributed by atoms with Gasteiger partial charge in [0, 0.05) is 25.5 Å². The molecule has 1 aromatic heterocycles. The lowest BCUT2D eigenvalue weighted by molar-refractivity contribution is 0.0620. The van der Waals surface area contributed by atoms with Crippen LogP contribution < -0.4 is 5.73 Å². The smallest absolute Gasteiger partial charge is 0.255 e. The molecule has 0 saturated heterocycles. The van der Waals surface area contributed by atoms with Gasteiger partial charge in [0.1, 0.15) is 0 Å². The summed E-state index contributed by atoms with van der Waals surface area (Å²) < 4.78 is 0. The quantitative estimate of drug-likeness (QED) is 0.905. The van der Waals surface area contributed by atoms with E-state index < -0.39 is 0 Å². The van der Waals surface area contributed by atoms with Crippen molar-refractivity contribution in [2.45, 2.75) is 38.6 Å². The molecule has 1 aliphatic rings. The largest absolute Gasteiger partial charge is 0.338 e. The van der Waals surface area contributed by atoms with Gasteiger partial charge in [0.25, 0.3) is 5.91 Å². The summed E-state index contributed by atoms with van der Waals surface area (Å²) in [6.45, 7) is 2.61. The minimum Gasteiger partial charge on any atom is -0.338 e. The predicted molar refractivity (Wildman–Crippen MR) is 75.9 cm³/mol. The fourth-order valence-corrected chi connectivity index (χ4v) is 3.00. The van der Waals surface area contributed by atoms with Crippen molar-refractivity contribution in [1.82, 2.24) is 9.88 Å². The van der Waals surface area contributed by atoms with Crippen molar-refractivity contribution >= 4 is 5.91 Å². The van der Waals surface area contributed by atoms with E-state index >= 15 is 0 Å². The van der Waals surface area contributed by atoms with Gasteiger partial charge < -0.3 is 10.6 Å². The van der Waals surface area contributed by atoms with Crippen LogP contribution in [0.5, 0.6) is 0 Å². The SMILES string of the molecule is Cc1cncc(C(=O)N(C)C2CCCCC2CN)c1. The highest BCUT2D eigenvalue weighted by Gasteiger charge is 2.30. The van der Waals surface area contributed by atoms with Crippen LogP contribution in [0.25, 0.3) is 0 Å². The molecular weight excluding hydrogens is 238 g/mol. The molecule has 1 aliphatic carbocycles. The number of carbonyl (C=O) groups is 1. The standard InChI is InChI=1S/C15H23N3O/c1-11-7-13(10-17-9-11)15(19)18(2)14-6-4-3-5-12(14)8-16/h7,9-10,12,14H,3-6,8,16H2,1-2H3. The van der Waals surface area contributed by atoms with Crippen molar-refractivity contribution in [3.63, 3.8) is 0 Å². The second-order valence-electron chi connectivity index (χ2n) is 5.51. The van der Waals surface area contributed by atoms with Crippen molar-refractivity contribution in [2.75, 3.05) is 13.6 Å². The Labute approximate surface area is 115 Å². The Balaban J connectivity index is 2.13. The number of carbonyl (C=O) groups excluding carboxylic acids is 1. The average Bonchev–Trinajstić information content (AvgIpc) is 2.45. The van der Waals surface area contributed by atoms with Crippen molar-refractivity contribution in [2.24, 2.45) is 11.7 Å². The summed E-state index contributed by atoms with van der Waals surface area (Å²) in [4.78, 5) is 18.5. The summed E-state index contributed by atoms with van der Waals surface area (Å²) in [6.07, 6.45) is 8.01. The Morgan fingerprint density at radius 3 is 2.84 bits per heavy atom. The van der Waals surface area contributed by atoms with Gasteiger partial charge in [-0.15, -0.1) is 0 Å². The second-order valence-corrected chi connectivity index (χ2v) is 5.51. The molecule has 2 atom stereocenters. The molecule has 1 saturated carbocycles. The van der Waals surface area contributed by atoms with E-state index in [2.05, 4.69) is 4.98 Å². The van der Waals surface area contributed by atoms with Gasteiger partial charge in [0.05, 0.1) is 5.56 Å². The predicted octanol–water partition coefficient (Wildman–Crippen LogP) is 1.98. The zero-order valence-corrected chi connectivity index (χ0v) is 11.8. The molecule has 0 spiro atoms. The lowest BCUT2D eigenvalue weighted by Crippen LogP contribution is -2.45. The van der Waals surface area contributed by atoms with Crippen LogP contribution in [-0.4, -0.2) is 35.4 Å². The molecule has 104 valence electrons. The Bertz CT molecular complexity index is 447. The van der Waals surface area contributed by atoms with Gasteiger partial charge >= 0.3 is 0 Å². The first-order valence-corrected chi connectivity index (χ1v) is 7.02. The number of pyridine rings is 1. The molecule has 1 heterocycles. The summed E-state index contributed by atoms with van der Waals surface area (Å²) >= 11 is 0. The van der Waals surface area contributed by atoms with Crippen LogP contribution in [0, 0.1) is 12.8 Å². The average molecular weight is 261 g/mol. The molecule has 0 aliphatic heterocycles. The van der Waals surface area contributed by atoms with E-state index in [1.165, 1.54) is 12.8 Å². The normalized spacial score (nSPS) is 23.1. The van der Waals surface area contributed by atoms with E-state index in [4.69, 9.17) is 5.73 Å². The Kier molecular flexibility index (Phi) is 4.53. The first-order valence-electron chi connectivity index (χ1n) is 7.02. The molecule has 2 N–H and O–H groups in total. The Hall–Kier alpha value is -1.42. The molecule has 4 heteroatoms. The molecule has 19 heavy (non-hydrogen) atoms. The number of rotatable bonds is 3. The van der Waals surface area contributed by atoms with E-state index in [9.17, 15) is 4.79 Å². The monoisotopic (exact) mass is 261 g/mol. The number of aromatic nitrogens is 1. The van der Waals surface area contributed by atoms with Gasteiger partial charge in [-0.2, -0.15) is 0 Å². The number of nitrogens with zero attached hydrogens (tertiary/aromatic N) is 2. The maximum atomic E-state index is 12.5. The molecule has 2 rings (SSSR count). The fraction of sp³-hybridized carbons (Fsp3) is 0.600. The molecule has 0 bridgehead atoms. The zero-order chi connectivity index (χ0) is 13.8. The van der Waals surface area contributed by atoms with Crippen molar-refractivity contribution in [3.8, 4) is 0 Å². The molecule has 4 nitrogen and oxygen atoms in total. The summed E-state index contributed by atoms with van der Waals surface area (Å²) in [7, 11) is 1.89. The van der Waals surface area contributed by atoms with Crippen LogP contribution >= 0.6 is 0 Å². The van der Waals surface area contributed by atoms with E-state index in [-0.39, 0.29) is 11.9 Å². The van der Waals surface area contributed by atoms with E-state index in [0.29, 0.717) is 18.0 Å². The van der Waals surface area contributed by atoms with Gasteiger partial charge in [-0.25, -0.2) is 0 Å². The summed E-state index contributed by atoms with van der Waals surface area (Å²) in [5, 5.41) is 0. The first kappa shape index (κ1) is 14.0. The maximum Gasteiger partial charge on any atom is 0.255 e. The third-order valence-corrected chi connectivity index (χ3v) is 4.11. The number of hydrogen-bond donors (Lipinski definition) is 1. The van der Waals surface area contributed by atoms with Crippen LogP contribution in [-0.2, 0) is 0 Å². The Morgan fingerprint density at radius 2 is 2.16 bits per heavy atom. The topological polar surface area (TPSA) is 59.2 Å². The van der Waals surface area contributed by atoms with Gasteiger partial charge in [-0.1, -0.05) is 12.8 Å². The summed E-state index contributed by atoms with van der Waals surface area (Å²) in [6, 6.07) is 2.17. The number of amides is 1. The van der Waals surface area contributed by atoms with Gasteiger partial charge in [0.15, 0.2) is 0 Å². The van der Waals surface area contributed by atoms with Crippen LogP contribution in [0.3, 0.4) is 0 Å². The first-order chi connectivity index (χ1) is 9.13. The summed E-state index contributed by atoms with van der Waals surface area (Å²) in [5.74, 6) is 0.488. The third-order valence-electron chi connectivity index (χ3n) is 4.11. The molecule has 1 amide bonds. The summed E-state index contributed by atoms with van der Waals surface area (Å²) in [5.41, 5.74) is 7.53. The fourth-order valence-electron chi connectivity index (χ4n) is 3.00. The van der Waals surface area contributed by atoms with Gasteiger partial charge in [-0.3, -0.25) is 9.78 Å². The highest BCUT2D eigenvalue weighted by atomic mass is 16.2. The third kappa shape index (κ3) is 3.13. The minimum absolute atomic E-state index is 0.0570. The van der Waals surface area contributed by atoms with Crippen molar-refractivity contribution in [1.29, 1.82) is 0 Å². The van der Waals surface area contributed by atoms with Crippen LogP contribution in [0.1, 0.15) is 41.6 Å². The highest BCUT2D eigenvalue weighted by Crippen LogP contribution is 2.28. The molecule has 0 aromatic carbocycles. The number of aryl methyl sites for hydroxylation is 1. The minimum atomic E-state index is 0.0570. The highest BCUT2D eigenvalue weighted by molar-refractivity contribution is 5.94. The molecule has 0 radical (unpaired) electrons. The molecule has 1 aromatic rings. The maximum absolute atomic E-state index is 12.5. The van der Waals surface area contributed by atoms with Crippen molar-refractivity contribution < 1.29 is 4.79 Å². The second kappa shape index (κ2) is 6.15. The number of nitrogens with two attached hydrogens (primary N) is 1. The lowest BCUT2D eigenvalue weighted by Gasteiger charge is -2.37. The van der Waals surface area contributed by atoms with Crippen molar-refractivity contribution in [3.05, 3.63) is 29.6 Å². The van der Waals surface area contributed by atoms with Crippen LogP contribution in [0.2, 0.25) is 0 Å². The molecular formula is C15H23N3O. The van der Waals surface area contributed by atoms with Crippen LogP contribution in [0.15, 0.2) is 18.5 Å². The van der Waals surface area contributed by atoms with E-state index in [0.717, 1.165) is 18.4 Å². The molecule has 1 fully saturated rings.